The Bertz CT molecular complexity index is 925. The maximum absolute atomic E-state index is 13.4. The van der Waals surface area contributed by atoms with Crippen LogP contribution in [0.1, 0.15) is 49.4 Å². The van der Waals surface area contributed by atoms with Crippen LogP contribution in [0.4, 0.5) is 23.7 Å². The molecule has 1 aliphatic rings. The van der Waals surface area contributed by atoms with Gasteiger partial charge < -0.3 is 10.5 Å². The first-order chi connectivity index (χ1) is 13.6. The van der Waals surface area contributed by atoms with Gasteiger partial charge in [0.05, 0.1) is 29.7 Å². The van der Waals surface area contributed by atoms with Crippen LogP contribution < -0.4 is 10.6 Å². The summed E-state index contributed by atoms with van der Waals surface area (Å²) in [6.45, 7) is 3.54. The molecule has 2 N–H and O–H groups in total. The minimum absolute atomic E-state index is 0.105. The van der Waals surface area contributed by atoms with Crippen LogP contribution >= 0.6 is 11.6 Å². The topological polar surface area (TPSA) is 81.3 Å². The van der Waals surface area contributed by atoms with Gasteiger partial charge in [0.15, 0.2) is 0 Å². The predicted octanol–water partition coefficient (Wildman–Crippen LogP) is 4.71. The molecule has 0 saturated heterocycles. The zero-order valence-corrected chi connectivity index (χ0v) is 16.6. The summed E-state index contributed by atoms with van der Waals surface area (Å²) < 4.78 is 45.2. The molecule has 1 aromatic heterocycles. The van der Waals surface area contributed by atoms with E-state index in [4.69, 9.17) is 22.1 Å². The van der Waals surface area contributed by atoms with E-state index in [2.05, 4.69) is 9.97 Å². The number of fused-ring (bicyclic) bond motifs is 1. The molecule has 0 bridgehead atoms. The average Bonchev–Trinajstić information content (AvgIpc) is 2.66. The summed E-state index contributed by atoms with van der Waals surface area (Å²) in [5.74, 6) is -0.630. The van der Waals surface area contributed by atoms with Crippen molar-refractivity contribution >= 4 is 23.4 Å². The molecule has 156 valence electrons. The van der Waals surface area contributed by atoms with Gasteiger partial charge in [-0.1, -0.05) is 18.5 Å². The number of nitrogens with zero attached hydrogens (tertiary/aromatic N) is 3. The highest BCUT2D eigenvalue weighted by Gasteiger charge is 2.46. The molecule has 0 saturated carbocycles. The minimum atomic E-state index is -4.55. The van der Waals surface area contributed by atoms with E-state index in [1.54, 1.807) is 13.8 Å². The summed E-state index contributed by atoms with van der Waals surface area (Å²) in [6, 6.07) is 3.19. The number of ether oxygens (including phenoxy) is 1. The summed E-state index contributed by atoms with van der Waals surface area (Å²) in [5.41, 5.74) is 5.43. The molecule has 0 unspecified atom stereocenters. The molecule has 1 aromatic carbocycles. The lowest BCUT2D eigenvalue weighted by Gasteiger charge is -2.47. The average molecular weight is 429 g/mol. The third-order valence-corrected chi connectivity index (χ3v) is 5.20. The maximum Gasteiger partial charge on any atom is 0.416 e. The number of halogens is 4. The number of amides is 1. The summed E-state index contributed by atoms with van der Waals surface area (Å²) >= 11 is 5.95. The van der Waals surface area contributed by atoms with Gasteiger partial charge in [-0.2, -0.15) is 13.2 Å². The molecule has 0 fully saturated rings. The van der Waals surface area contributed by atoms with Crippen LogP contribution in [0.25, 0.3) is 0 Å². The van der Waals surface area contributed by atoms with Crippen LogP contribution in [0.5, 0.6) is 0 Å². The van der Waals surface area contributed by atoms with E-state index in [9.17, 15) is 18.0 Å². The van der Waals surface area contributed by atoms with Gasteiger partial charge in [0, 0.05) is 12.1 Å². The zero-order valence-electron chi connectivity index (χ0n) is 15.8. The minimum Gasteiger partial charge on any atom is -0.449 e. The van der Waals surface area contributed by atoms with Gasteiger partial charge in [0.2, 0.25) is 0 Å². The monoisotopic (exact) mass is 428 g/mol. The molecule has 2 aromatic rings. The first-order valence-corrected chi connectivity index (χ1v) is 9.43. The fourth-order valence-electron chi connectivity index (χ4n) is 3.57. The third kappa shape index (κ3) is 4.02. The molecule has 2 heterocycles. The van der Waals surface area contributed by atoms with Crippen molar-refractivity contribution in [3.05, 3.63) is 52.6 Å². The maximum atomic E-state index is 13.4. The van der Waals surface area contributed by atoms with Crippen molar-refractivity contribution in [2.45, 2.75) is 44.4 Å². The van der Waals surface area contributed by atoms with Crippen LogP contribution in [0.2, 0.25) is 5.15 Å². The molecule has 1 aliphatic heterocycles. The SMILES string of the molecule is CCOC(=O)N1c2ccc(C(F)(F)F)cc2[C@@H](c2cncc(Cl)n2)C[C@@]1(N)CC. The van der Waals surface area contributed by atoms with Gasteiger partial charge in [-0.05, 0) is 43.5 Å². The highest BCUT2D eigenvalue weighted by atomic mass is 35.5. The van der Waals surface area contributed by atoms with Crippen molar-refractivity contribution in [1.29, 1.82) is 0 Å². The van der Waals surface area contributed by atoms with Crippen molar-refractivity contribution < 1.29 is 22.7 Å². The number of rotatable bonds is 3. The summed E-state index contributed by atoms with van der Waals surface area (Å²) in [5, 5.41) is 0.114. The standard InChI is InChI=1S/C19H20ClF3N4O2/c1-3-18(24)8-13(14-9-25-10-16(20)26-14)12-7-11(19(21,22)23)5-6-15(12)27(18)17(28)29-4-2/h5-7,9-10,13H,3-4,8,24H2,1-2H3/t13-,18+/m0/s1. The number of hydrogen-bond donors (Lipinski definition) is 1. The van der Waals surface area contributed by atoms with E-state index < -0.39 is 29.4 Å². The Labute approximate surface area is 170 Å². The van der Waals surface area contributed by atoms with Gasteiger partial charge in [-0.25, -0.2) is 9.78 Å². The molecule has 0 aliphatic carbocycles. The highest BCUT2D eigenvalue weighted by Crippen LogP contribution is 2.47. The molecule has 0 radical (unpaired) electrons. The van der Waals surface area contributed by atoms with E-state index >= 15 is 0 Å². The molecule has 1 amide bonds. The van der Waals surface area contributed by atoms with E-state index in [0.29, 0.717) is 12.1 Å². The van der Waals surface area contributed by atoms with Gasteiger partial charge >= 0.3 is 12.3 Å². The summed E-state index contributed by atoms with van der Waals surface area (Å²) in [4.78, 5) is 22.1. The largest absolute Gasteiger partial charge is 0.449 e. The molecule has 3 rings (SSSR count). The fourth-order valence-corrected chi connectivity index (χ4v) is 3.72. The van der Waals surface area contributed by atoms with Crippen LogP contribution in [0.15, 0.2) is 30.6 Å². The van der Waals surface area contributed by atoms with Crippen molar-refractivity contribution in [2.75, 3.05) is 11.5 Å². The molecule has 0 spiro atoms. The Kier molecular flexibility index (Phi) is 5.73. The Balaban J connectivity index is 2.24. The lowest BCUT2D eigenvalue weighted by molar-refractivity contribution is -0.137. The van der Waals surface area contributed by atoms with Crippen molar-refractivity contribution in [3.63, 3.8) is 0 Å². The van der Waals surface area contributed by atoms with E-state index in [1.807, 2.05) is 0 Å². The molecular formula is C19H20ClF3N4O2. The van der Waals surface area contributed by atoms with Crippen molar-refractivity contribution in [1.82, 2.24) is 9.97 Å². The third-order valence-electron chi connectivity index (χ3n) is 5.02. The molecule has 6 nitrogen and oxygen atoms in total. The highest BCUT2D eigenvalue weighted by molar-refractivity contribution is 6.29. The van der Waals surface area contributed by atoms with Crippen LogP contribution in [0.3, 0.4) is 0 Å². The second kappa shape index (κ2) is 7.79. The first kappa shape index (κ1) is 21.3. The number of aromatic nitrogens is 2. The Hall–Kier alpha value is -2.39. The quantitative estimate of drug-likeness (QED) is 0.765. The number of carbonyl (C=O) groups is 1. The van der Waals surface area contributed by atoms with E-state index in [0.717, 1.165) is 12.1 Å². The van der Waals surface area contributed by atoms with Gasteiger partial charge in [0.25, 0.3) is 0 Å². The lowest BCUT2D eigenvalue weighted by Crippen LogP contribution is -2.61. The number of alkyl halides is 3. The molecular weight excluding hydrogens is 409 g/mol. The Morgan fingerprint density at radius 1 is 1.38 bits per heavy atom. The number of anilines is 1. The zero-order chi connectivity index (χ0) is 21.4. The van der Waals surface area contributed by atoms with Crippen LogP contribution in [0, 0.1) is 0 Å². The van der Waals surface area contributed by atoms with Crippen LogP contribution in [-0.4, -0.2) is 28.3 Å². The van der Waals surface area contributed by atoms with Gasteiger partial charge in [-0.3, -0.25) is 9.88 Å². The number of hydrogen-bond acceptors (Lipinski definition) is 5. The molecule has 2 atom stereocenters. The molecule has 10 heteroatoms. The second-order valence-electron chi connectivity index (χ2n) is 6.79. The van der Waals surface area contributed by atoms with Crippen LogP contribution in [-0.2, 0) is 10.9 Å². The van der Waals surface area contributed by atoms with Gasteiger partial charge in [-0.15, -0.1) is 0 Å². The van der Waals surface area contributed by atoms with E-state index in [-0.39, 0.29) is 29.4 Å². The second-order valence-corrected chi connectivity index (χ2v) is 7.17. The molecule has 29 heavy (non-hydrogen) atoms. The Morgan fingerprint density at radius 3 is 2.69 bits per heavy atom. The number of benzene rings is 1. The Morgan fingerprint density at radius 2 is 2.10 bits per heavy atom. The summed E-state index contributed by atoms with van der Waals surface area (Å²) in [6.07, 6.45) is -2.01. The van der Waals surface area contributed by atoms with E-state index in [1.165, 1.54) is 23.4 Å². The normalized spacial score (nSPS) is 21.6. The van der Waals surface area contributed by atoms with Gasteiger partial charge in [0.1, 0.15) is 10.8 Å². The first-order valence-electron chi connectivity index (χ1n) is 9.05. The fraction of sp³-hybridized carbons (Fsp3) is 0.421. The van der Waals surface area contributed by atoms with Crippen molar-refractivity contribution in [3.8, 4) is 0 Å². The number of carbonyl (C=O) groups excluding carboxylic acids is 1. The number of nitrogens with two attached hydrogens (primary N) is 1. The van der Waals surface area contributed by atoms with Crippen molar-refractivity contribution in [2.24, 2.45) is 5.73 Å². The lowest BCUT2D eigenvalue weighted by atomic mass is 9.79. The predicted molar refractivity (Wildman–Crippen MR) is 102 cm³/mol. The smallest absolute Gasteiger partial charge is 0.416 e. The summed E-state index contributed by atoms with van der Waals surface area (Å²) in [7, 11) is 0.